The molecule has 0 atom stereocenters. The molecule has 0 amide bonds. The molecule has 4 nitrogen and oxygen atoms in total. The Bertz CT molecular complexity index is 486. The van der Waals surface area contributed by atoms with Crippen LogP contribution >= 0.6 is 0 Å². The minimum Gasteiger partial charge on any atom is -0.478 e. The Morgan fingerprint density at radius 1 is 1.24 bits per heavy atom. The number of rotatable bonds is 5. The Balaban J connectivity index is 2.89. The molecule has 0 radical (unpaired) electrons. The lowest BCUT2D eigenvalue weighted by Crippen LogP contribution is -2.09. The zero-order chi connectivity index (χ0) is 13.1. The third-order valence-corrected chi connectivity index (χ3v) is 4.19. The largest absolute Gasteiger partial charge is 0.478 e. The van der Waals surface area contributed by atoms with Gasteiger partial charge in [-0.15, -0.1) is 0 Å². The first kappa shape index (κ1) is 13.7. The Hall–Kier alpha value is -1.36. The molecule has 0 spiro atoms. The average molecular weight is 256 g/mol. The summed E-state index contributed by atoms with van der Waals surface area (Å²) in [4.78, 5) is 10.8. The lowest BCUT2D eigenvalue weighted by Gasteiger charge is -2.06. The molecule has 5 heteroatoms. The van der Waals surface area contributed by atoms with Gasteiger partial charge in [0.1, 0.15) is 0 Å². The number of hydrogen-bond donors (Lipinski definition) is 1. The van der Waals surface area contributed by atoms with E-state index in [0.717, 1.165) is 0 Å². The van der Waals surface area contributed by atoms with Crippen LogP contribution in [0.25, 0.3) is 0 Å². The van der Waals surface area contributed by atoms with E-state index < -0.39 is 15.8 Å². The van der Waals surface area contributed by atoms with Gasteiger partial charge in [-0.25, -0.2) is 13.2 Å². The van der Waals surface area contributed by atoms with Crippen LogP contribution in [-0.2, 0) is 9.84 Å². The molecule has 1 aromatic rings. The van der Waals surface area contributed by atoms with Gasteiger partial charge in [-0.2, -0.15) is 0 Å². The fraction of sp³-hybridized carbons (Fsp3) is 0.417. The van der Waals surface area contributed by atoms with Crippen LogP contribution in [0.3, 0.4) is 0 Å². The summed E-state index contributed by atoms with van der Waals surface area (Å²) in [7, 11) is -3.29. The van der Waals surface area contributed by atoms with Crippen molar-refractivity contribution in [1.82, 2.24) is 0 Å². The first-order valence-electron chi connectivity index (χ1n) is 5.39. The van der Waals surface area contributed by atoms with Gasteiger partial charge in [0.25, 0.3) is 0 Å². The van der Waals surface area contributed by atoms with E-state index in [1.54, 1.807) is 0 Å². The zero-order valence-corrected chi connectivity index (χ0v) is 10.7. The van der Waals surface area contributed by atoms with Gasteiger partial charge < -0.3 is 5.11 Å². The molecule has 1 aromatic carbocycles. The number of aromatic carboxylic acids is 1. The van der Waals surface area contributed by atoms with Crippen molar-refractivity contribution in [3.63, 3.8) is 0 Å². The first-order valence-corrected chi connectivity index (χ1v) is 7.04. The number of sulfone groups is 1. The van der Waals surface area contributed by atoms with Gasteiger partial charge in [0.15, 0.2) is 9.84 Å². The lowest BCUT2D eigenvalue weighted by atomic mass is 10.2. The van der Waals surface area contributed by atoms with Crippen molar-refractivity contribution in [3.8, 4) is 0 Å². The maximum absolute atomic E-state index is 11.9. The smallest absolute Gasteiger partial charge is 0.335 e. The molecule has 0 heterocycles. The number of carboxylic acids is 1. The van der Waals surface area contributed by atoms with Crippen molar-refractivity contribution in [2.45, 2.75) is 25.2 Å². The monoisotopic (exact) mass is 256 g/mol. The van der Waals surface area contributed by atoms with E-state index in [1.807, 2.05) is 13.8 Å². The average Bonchev–Trinajstić information content (AvgIpc) is 2.27. The summed E-state index contributed by atoms with van der Waals surface area (Å²) in [6, 6.07) is 5.31. The van der Waals surface area contributed by atoms with E-state index in [4.69, 9.17) is 5.11 Å². The van der Waals surface area contributed by atoms with Crippen LogP contribution in [0.4, 0.5) is 0 Å². The molecule has 0 aliphatic carbocycles. The van der Waals surface area contributed by atoms with Crippen LogP contribution in [0.2, 0.25) is 0 Å². The van der Waals surface area contributed by atoms with Gasteiger partial charge in [0.2, 0.25) is 0 Å². The molecule has 0 aliphatic rings. The Morgan fingerprint density at radius 2 is 1.76 bits per heavy atom. The number of benzene rings is 1. The van der Waals surface area contributed by atoms with E-state index in [9.17, 15) is 13.2 Å². The summed E-state index contributed by atoms with van der Waals surface area (Å²) < 4.78 is 23.7. The normalized spacial score (nSPS) is 11.7. The second kappa shape index (κ2) is 5.31. The summed E-state index contributed by atoms with van der Waals surface area (Å²) in [5, 5.41) is 8.71. The molecule has 0 fully saturated rings. The molecule has 0 aliphatic heterocycles. The van der Waals surface area contributed by atoms with Gasteiger partial charge in [-0.05, 0) is 36.6 Å². The second-order valence-electron chi connectivity index (χ2n) is 4.33. The highest BCUT2D eigenvalue weighted by Gasteiger charge is 2.15. The predicted molar refractivity (Wildman–Crippen MR) is 64.9 cm³/mol. The molecular weight excluding hydrogens is 240 g/mol. The van der Waals surface area contributed by atoms with Crippen molar-refractivity contribution < 1.29 is 18.3 Å². The zero-order valence-electron chi connectivity index (χ0n) is 9.88. The third kappa shape index (κ3) is 3.85. The first-order chi connectivity index (χ1) is 7.83. The Morgan fingerprint density at radius 3 is 2.18 bits per heavy atom. The molecule has 1 N–H and O–H groups in total. The van der Waals surface area contributed by atoms with Crippen molar-refractivity contribution in [2.75, 3.05) is 5.75 Å². The van der Waals surface area contributed by atoms with E-state index >= 15 is 0 Å². The highest BCUT2D eigenvalue weighted by Crippen LogP contribution is 2.15. The maximum Gasteiger partial charge on any atom is 0.335 e. The van der Waals surface area contributed by atoms with Crippen molar-refractivity contribution in [3.05, 3.63) is 29.8 Å². The summed E-state index contributed by atoms with van der Waals surface area (Å²) in [6.07, 6.45) is 0.600. The second-order valence-corrected chi connectivity index (χ2v) is 6.44. The maximum atomic E-state index is 11.9. The molecule has 0 saturated heterocycles. The van der Waals surface area contributed by atoms with Crippen LogP contribution in [0.5, 0.6) is 0 Å². The molecular formula is C12H16O4S. The molecule has 17 heavy (non-hydrogen) atoms. The molecule has 0 saturated carbocycles. The summed E-state index contributed by atoms with van der Waals surface area (Å²) in [5.41, 5.74) is 0.0906. The lowest BCUT2D eigenvalue weighted by molar-refractivity contribution is 0.0697. The van der Waals surface area contributed by atoms with Crippen molar-refractivity contribution in [1.29, 1.82) is 0 Å². The fourth-order valence-electron chi connectivity index (χ4n) is 1.31. The topological polar surface area (TPSA) is 71.4 Å². The number of carbonyl (C=O) groups is 1. The van der Waals surface area contributed by atoms with Crippen LogP contribution in [0.1, 0.15) is 30.6 Å². The van der Waals surface area contributed by atoms with E-state index in [-0.39, 0.29) is 16.2 Å². The number of hydrogen-bond acceptors (Lipinski definition) is 3. The SMILES string of the molecule is CC(C)CCS(=O)(=O)c1ccc(C(=O)O)cc1. The van der Waals surface area contributed by atoms with Gasteiger partial charge >= 0.3 is 5.97 Å². The standard InChI is InChI=1S/C12H16O4S/c1-9(2)7-8-17(15,16)11-5-3-10(4-6-11)12(13)14/h3-6,9H,7-8H2,1-2H3,(H,13,14). The van der Waals surface area contributed by atoms with Crippen LogP contribution in [-0.4, -0.2) is 25.2 Å². The predicted octanol–water partition coefficient (Wildman–Crippen LogP) is 2.20. The van der Waals surface area contributed by atoms with Gasteiger partial charge in [0, 0.05) is 0 Å². The Labute approximate surface area is 101 Å². The molecule has 0 unspecified atom stereocenters. The van der Waals surface area contributed by atoms with Crippen LogP contribution in [0, 0.1) is 5.92 Å². The van der Waals surface area contributed by atoms with Crippen LogP contribution < -0.4 is 0 Å². The van der Waals surface area contributed by atoms with Crippen molar-refractivity contribution in [2.24, 2.45) is 5.92 Å². The number of carboxylic acid groups (broad SMARTS) is 1. The highest BCUT2D eigenvalue weighted by molar-refractivity contribution is 7.91. The summed E-state index contributed by atoms with van der Waals surface area (Å²) in [5.74, 6) is -0.643. The van der Waals surface area contributed by atoms with Gasteiger partial charge in [0.05, 0.1) is 16.2 Å². The fourth-order valence-corrected chi connectivity index (χ4v) is 2.88. The van der Waals surface area contributed by atoms with E-state index in [1.165, 1.54) is 24.3 Å². The summed E-state index contributed by atoms with van der Waals surface area (Å²) in [6.45, 7) is 3.92. The third-order valence-electron chi connectivity index (χ3n) is 2.42. The minimum atomic E-state index is -3.29. The molecule has 1 rings (SSSR count). The van der Waals surface area contributed by atoms with Gasteiger partial charge in [-0.1, -0.05) is 13.8 Å². The quantitative estimate of drug-likeness (QED) is 0.876. The van der Waals surface area contributed by atoms with Crippen molar-refractivity contribution >= 4 is 15.8 Å². The van der Waals surface area contributed by atoms with E-state index in [2.05, 4.69) is 0 Å². The minimum absolute atomic E-state index is 0.0906. The molecule has 94 valence electrons. The Kier molecular flexibility index (Phi) is 4.28. The molecule has 0 aromatic heterocycles. The highest BCUT2D eigenvalue weighted by atomic mass is 32.2. The van der Waals surface area contributed by atoms with Crippen LogP contribution in [0.15, 0.2) is 29.2 Å². The molecule has 0 bridgehead atoms. The summed E-state index contributed by atoms with van der Waals surface area (Å²) >= 11 is 0. The van der Waals surface area contributed by atoms with Gasteiger partial charge in [-0.3, -0.25) is 0 Å². The van der Waals surface area contributed by atoms with E-state index in [0.29, 0.717) is 12.3 Å².